The van der Waals surface area contributed by atoms with Crippen molar-refractivity contribution >= 4 is 0 Å². The van der Waals surface area contributed by atoms with Crippen LogP contribution in [0.1, 0.15) is 24.4 Å². The molecule has 1 fully saturated rings. The van der Waals surface area contributed by atoms with Crippen LogP contribution in [-0.2, 0) is 6.54 Å². The van der Waals surface area contributed by atoms with Gasteiger partial charge in [-0.05, 0) is 18.4 Å². The van der Waals surface area contributed by atoms with Gasteiger partial charge in [0.1, 0.15) is 0 Å². The van der Waals surface area contributed by atoms with Gasteiger partial charge in [-0.25, -0.2) is 0 Å². The standard InChI is InChI=1S/C16H20N2O2/c19-15-6-7-16(20)18(15)14-8-10-17(11-9-14)12-13-4-2-1-3-5-13/h1-7,14,19-20H,8-12H2. The minimum absolute atomic E-state index is 0.156. The largest absolute Gasteiger partial charge is 0.494 e. The second kappa shape index (κ2) is 5.59. The summed E-state index contributed by atoms with van der Waals surface area (Å²) in [4.78, 5) is 2.42. The minimum Gasteiger partial charge on any atom is -0.494 e. The van der Waals surface area contributed by atoms with E-state index in [-0.39, 0.29) is 17.8 Å². The van der Waals surface area contributed by atoms with Crippen molar-refractivity contribution in [1.82, 2.24) is 9.47 Å². The summed E-state index contributed by atoms with van der Waals surface area (Å²) in [5.41, 5.74) is 1.33. The van der Waals surface area contributed by atoms with Crippen LogP contribution in [0, 0.1) is 0 Å². The summed E-state index contributed by atoms with van der Waals surface area (Å²) in [6.07, 6.45) is 1.89. The quantitative estimate of drug-likeness (QED) is 0.903. The molecule has 3 rings (SSSR count). The maximum Gasteiger partial charge on any atom is 0.194 e. The highest BCUT2D eigenvalue weighted by atomic mass is 16.3. The summed E-state index contributed by atoms with van der Waals surface area (Å²) in [5, 5.41) is 19.5. The van der Waals surface area contributed by atoms with Gasteiger partial charge in [-0.3, -0.25) is 9.47 Å². The molecule has 0 radical (unpaired) electrons. The molecule has 1 aromatic heterocycles. The van der Waals surface area contributed by atoms with Crippen LogP contribution in [-0.4, -0.2) is 32.8 Å². The Balaban J connectivity index is 1.60. The van der Waals surface area contributed by atoms with Gasteiger partial charge >= 0.3 is 0 Å². The Morgan fingerprint density at radius 3 is 2.10 bits per heavy atom. The predicted molar refractivity (Wildman–Crippen MR) is 77.8 cm³/mol. The molecule has 0 bridgehead atoms. The minimum atomic E-state index is 0.156. The molecule has 4 nitrogen and oxygen atoms in total. The molecule has 106 valence electrons. The Bertz CT molecular complexity index is 538. The molecule has 1 saturated heterocycles. The van der Waals surface area contributed by atoms with E-state index in [1.165, 1.54) is 5.56 Å². The van der Waals surface area contributed by atoms with Crippen LogP contribution >= 0.6 is 0 Å². The van der Waals surface area contributed by atoms with Crippen LogP contribution in [0.25, 0.3) is 0 Å². The molecule has 20 heavy (non-hydrogen) atoms. The highest BCUT2D eigenvalue weighted by Crippen LogP contribution is 2.32. The molecule has 1 aliphatic rings. The van der Waals surface area contributed by atoms with E-state index < -0.39 is 0 Å². The maximum atomic E-state index is 9.77. The van der Waals surface area contributed by atoms with Gasteiger partial charge in [0.05, 0.1) is 0 Å². The number of piperidine rings is 1. The number of rotatable bonds is 3. The second-order valence-corrected chi connectivity index (χ2v) is 5.41. The first-order chi connectivity index (χ1) is 9.74. The predicted octanol–water partition coefficient (Wildman–Crippen LogP) is 2.74. The monoisotopic (exact) mass is 272 g/mol. The van der Waals surface area contributed by atoms with E-state index >= 15 is 0 Å². The average Bonchev–Trinajstić information content (AvgIpc) is 2.81. The number of aromatic hydroxyl groups is 2. The fraction of sp³-hybridized carbons (Fsp3) is 0.375. The van der Waals surface area contributed by atoms with Crippen molar-refractivity contribution in [1.29, 1.82) is 0 Å². The van der Waals surface area contributed by atoms with Crippen molar-refractivity contribution in [3.8, 4) is 11.8 Å². The van der Waals surface area contributed by atoms with E-state index in [0.29, 0.717) is 0 Å². The van der Waals surface area contributed by atoms with Crippen LogP contribution in [0.15, 0.2) is 42.5 Å². The highest BCUT2D eigenvalue weighted by molar-refractivity contribution is 5.25. The molecule has 4 heteroatoms. The number of hydrogen-bond donors (Lipinski definition) is 2. The maximum absolute atomic E-state index is 9.77. The first kappa shape index (κ1) is 13.1. The molecule has 0 unspecified atom stereocenters. The third-order valence-electron chi connectivity index (χ3n) is 4.05. The van der Waals surface area contributed by atoms with Gasteiger partial charge in [-0.15, -0.1) is 0 Å². The molecule has 0 aliphatic carbocycles. The molecule has 0 spiro atoms. The molecule has 2 aromatic rings. The Morgan fingerprint density at radius 2 is 1.50 bits per heavy atom. The Morgan fingerprint density at radius 1 is 0.900 bits per heavy atom. The van der Waals surface area contributed by atoms with Crippen molar-refractivity contribution < 1.29 is 10.2 Å². The van der Waals surface area contributed by atoms with Gasteiger partial charge < -0.3 is 10.2 Å². The molecule has 2 heterocycles. The normalized spacial score (nSPS) is 17.4. The number of aromatic nitrogens is 1. The molecule has 0 atom stereocenters. The first-order valence-electron chi connectivity index (χ1n) is 7.09. The fourth-order valence-corrected chi connectivity index (χ4v) is 2.98. The summed E-state index contributed by atoms with van der Waals surface area (Å²) in [6, 6.07) is 13.8. The van der Waals surface area contributed by atoms with Crippen molar-refractivity contribution in [3.05, 3.63) is 48.0 Å². The van der Waals surface area contributed by atoms with E-state index in [1.807, 2.05) is 6.07 Å². The summed E-state index contributed by atoms with van der Waals surface area (Å²) >= 11 is 0. The zero-order valence-corrected chi connectivity index (χ0v) is 11.4. The lowest BCUT2D eigenvalue weighted by atomic mass is 10.0. The van der Waals surface area contributed by atoms with Gasteiger partial charge in [-0.2, -0.15) is 0 Å². The van der Waals surface area contributed by atoms with Crippen molar-refractivity contribution in [2.75, 3.05) is 13.1 Å². The summed E-state index contributed by atoms with van der Waals surface area (Å²) in [5.74, 6) is 0.313. The van der Waals surface area contributed by atoms with E-state index in [9.17, 15) is 10.2 Å². The van der Waals surface area contributed by atoms with Gasteiger partial charge in [0.2, 0.25) is 0 Å². The van der Waals surface area contributed by atoms with Crippen LogP contribution in [0.3, 0.4) is 0 Å². The van der Waals surface area contributed by atoms with E-state index in [0.717, 1.165) is 32.5 Å². The molecule has 0 amide bonds. The smallest absolute Gasteiger partial charge is 0.194 e. The lowest BCUT2D eigenvalue weighted by molar-refractivity contribution is 0.168. The number of likely N-dealkylation sites (tertiary alicyclic amines) is 1. The van der Waals surface area contributed by atoms with E-state index in [2.05, 4.69) is 29.2 Å². The third kappa shape index (κ3) is 2.65. The van der Waals surface area contributed by atoms with E-state index in [4.69, 9.17) is 0 Å². The van der Waals surface area contributed by atoms with Crippen LogP contribution in [0.5, 0.6) is 11.8 Å². The first-order valence-corrected chi connectivity index (χ1v) is 7.09. The van der Waals surface area contributed by atoms with Crippen LogP contribution in [0.4, 0.5) is 0 Å². The third-order valence-corrected chi connectivity index (χ3v) is 4.05. The molecular formula is C16H20N2O2. The zero-order chi connectivity index (χ0) is 13.9. The molecule has 1 aliphatic heterocycles. The lowest BCUT2D eigenvalue weighted by Gasteiger charge is -2.33. The topological polar surface area (TPSA) is 48.6 Å². The molecule has 0 saturated carbocycles. The lowest BCUT2D eigenvalue weighted by Crippen LogP contribution is -2.34. The van der Waals surface area contributed by atoms with Crippen molar-refractivity contribution in [3.63, 3.8) is 0 Å². The molecular weight excluding hydrogens is 252 g/mol. The number of benzene rings is 1. The van der Waals surface area contributed by atoms with Gasteiger partial charge in [0.15, 0.2) is 11.8 Å². The van der Waals surface area contributed by atoms with Crippen LogP contribution in [0.2, 0.25) is 0 Å². The van der Waals surface area contributed by atoms with Gasteiger partial charge in [0.25, 0.3) is 0 Å². The second-order valence-electron chi connectivity index (χ2n) is 5.41. The summed E-state index contributed by atoms with van der Waals surface area (Å²) < 4.78 is 1.64. The van der Waals surface area contributed by atoms with Gasteiger partial charge in [-0.1, -0.05) is 30.3 Å². The summed E-state index contributed by atoms with van der Waals surface area (Å²) in [6.45, 7) is 2.93. The van der Waals surface area contributed by atoms with E-state index in [1.54, 1.807) is 16.7 Å². The zero-order valence-electron chi connectivity index (χ0n) is 11.4. The van der Waals surface area contributed by atoms with Gasteiger partial charge in [0, 0.05) is 37.8 Å². The number of hydrogen-bond acceptors (Lipinski definition) is 3. The Hall–Kier alpha value is -1.94. The average molecular weight is 272 g/mol. The highest BCUT2D eigenvalue weighted by Gasteiger charge is 2.23. The van der Waals surface area contributed by atoms with Crippen molar-refractivity contribution in [2.45, 2.75) is 25.4 Å². The molecule has 2 N–H and O–H groups in total. The van der Waals surface area contributed by atoms with Crippen LogP contribution < -0.4 is 0 Å². The van der Waals surface area contributed by atoms with Crippen molar-refractivity contribution in [2.24, 2.45) is 0 Å². The Kier molecular flexibility index (Phi) is 3.65. The summed E-state index contributed by atoms with van der Waals surface area (Å²) in [7, 11) is 0. The molecule has 1 aromatic carbocycles. The Labute approximate surface area is 118 Å². The SMILES string of the molecule is Oc1ccc(O)n1C1CCN(Cc2ccccc2)CC1. The fourth-order valence-electron chi connectivity index (χ4n) is 2.98. The number of nitrogens with zero attached hydrogens (tertiary/aromatic N) is 2.